The first-order valence-corrected chi connectivity index (χ1v) is 12.6. The van der Waals surface area contributed by atoms with Crippen LogP contribution in [0.4, 0.5) is 0 Å². The Morgan fingerprint density at radius 1 is 0.941 bits per heavy atom. The van der Waals surface area contributed by atoms with Crippen molar-refractivity contribution in [1.29, 1.82) is 0 Å². The quantitative estimate of drug-likeness (QED) is 0.331. The van der Waals surface area contributed by atoms with E-state index in [0.29, 0.717) is 12.0 Å². The van der Waals surface area contributed by atoms with E-state index in [2.05, 4.69) is 0 Å². The molecule has 34 heavy (non-hydrogen) atoms. The van der Waals surface area contributed by atoms with Gasteiger partial charge in [0.15, 0.2) is 0 Å². The summed E-state index contributed by atoms with van der Waals surface area (Å²) < 4.78 is 36.3. The second-order valence-corrected chi connectivity index (χ2v) is 10.2. The van der Waals surface area contributed by atoms with Crippen molar-refractivity contribution >= 4 is 16.1 Å². The molecule has 0 amide bonds. The second kappa shape index (κ2) is 11.3. The Morgan fingerprint density at radius 2 is 1.62 bits per heavy atom. The van der Waals surface area contributed by atoms with Gasteiger partial charge in [-0.15, -0.1) is 0 Å². The molecule has 6 nitrogen and oxygen atoms in total. The van der Waals surface area contributed by atoms with Gasteiger partial charge >= 0.3 is 16.1 Å². The zero-order valence-corrected chi connectivity index (χ0v) is 20.5. The van der Waals surface area contributed by atoms with Crippen LogP contribution < -0.4 is 9.92 Å². The van der Waals surface area contributed by atoms with Gasteiger partial charge in [0, 0.05) is 12.0 Å². The number of benzene rings is 3. The third kappa shape index (κ3) is 7.17. The molecule has 0 fully saturated rings. The lowest BCUT2D eigenvalue weighted by Crippen LogP contribution is -2.33. The summed E-state index contributed by atoms with van der Waals surface area (Å²) in [5.41, 5.74) is 9.28. The maximum atomic E-state index is 12.7. The number of nitrogens with two attached hydrogens (primary N) is 1. The smallest absolute Gasteiger partial charge is 0.339 e. The summed E-state index contributed by atoms with van der Waals surface area (Å²) in [5, 5.41) is 0. The van der Waals surface area contributed by atoms with Crippen LogP contribution in [0.5, 0.6) is 5.75 Å². The highest BCUT2D eigenvalue weighted by Crippen LogP contribution is 2.29. The fourth-order valence-corrected chi connectivity index (χ4v) is 4.63. The van der Waals surface area contributed by atoms with Crippen molar-refractivity contribution < 1.29 is 22.1 Å². The minimum Gasteiger partial charge on any atom is -0.463 e. The Labute approximate surface area is 201 Å². The van der Waals surface area contributed by atoms with Gasteiger partial charge in [-0.1, -0.05) is 60.2 Å². The van der Waals surface area contributed by atoms with Gasteiger partial charge in [0.25, 0.3) is 0 Å². The Kier molecular flexibility index (Phi) is 8.47. The van der Waals surface area contributed by atoms with Crippen molar-refractivity contribution in [3.05, 3.63) is 95.6 Å². The van der Waals surface area contributed by atoms with Crippen molar-refractivity contribution in [2.24, 2.45) is 5.73 Å². The number of aryl methyl sites for hydroxylation is 1. The Bertz CT molecular complexity index is 1190. The van der Waals surface area contributed by atoms with Crippen LogP contribution >= 0.6 is 0 Å². The largest absolute Gasteiger partial charge is 0.463 e. The molecule has 180 valence electrons. The summed E-state index contributed by atoms with van der Waals surface area (Å²) in [5.74, 6) is -0.591. The number of esters is 1. The minimum absolute atomic E-state index is 0.0698. The molecule has 0 aliphatic rings. The first-order chi connectivity index (χ1) is 16.1. The van der Waals surface area contributed by atoms with E-state index in [1.54, 1.807) is 44.2 Å². The molecule has 0 heterocycles. The van der Waals surface area contributed by atoms with Crippen LogP contribution in [0, 0.1) is 6.92 Å². The van der Waals surface area contributed by atoms with Crippen molar-refractivity contribution in [2.45, 2.75) is 56.6 Å². The molecular formula is C27H31NO5S. The number of carbonyl (C=O) groups excluding carboxylic acids is 1. The molecular weight excluding hydrogens is 450 g/mol. The molecule has 0 aliphatic heterocycles. The van der Waals surface area contributed by atoms with Crippen LogP contribution in [0.1, 0.15) is 42.9 Å². The summed E-state index contributed by atoms with van der Waals surface area (Å²) in [4.78, 5) is 12.6. The van der Waals surface area contributed by atoms with Gasteiger partial charge in [-0.3, -0.25) is 4.79 Å². The van der Waals surface area contributed by atoms with E-state index in [0.717, 1.165) is 11.1 Å². The first kappa shape index (κ1) is 25.5. The van der Waals surface area contributed by atoms with E-state index < -0.39 is 22.1 Å². The number of rotatable bonds is 10. The predicted octanol–water partition coefficient (Wildman–Crippen LogP) is 4.76. The number of carbonyl (C=O) groups is 1. The molecule has 2 unspecified atom stereocenters. The van der Waals surface area contributed by atoms with E-state index in [9.17, 15) is 13.2 Å². The number of hydrogen-bond acceptors (Lipinski definition) is 6. The zero-order valence-electron chi connectivity index (χ0n) is 19.7. The first-order valence-electron chi connectivity index (χ1n) is 11.2. The van der Waals surface area contributed by atoms with Crippen molar-refractivity contribution in [3.63, 3.8) is 0 Å². The Balaban J connectivity index is 1.87. The maximum Gasteiger partial charge on any atom is 0.339 e. The molecule has 2 N–H and O–H groups in total. The van der Waals surface area contributed by atoms with Gasteiger partial charge in [0.1, 0.15) is 10.6 Å². The summed E-state index contributed by atoms with van der Waals surface area (Å²) >= 11 is 0. The topological polar surface area (TPSA) is 95.7 Å². The molecule has 0 radical (unpaired) electrons. The van der Waals surface area contributed by atoms with Gasteiger partial charge in [0.2, 0.25) is 0 Å². The molecule has 2 atom stereocenters. The average molecular weight is 482 g/mol. The van der Waals surface area contributed by atoms with Gasteiger partial charge in [0.05, 0.1) is 12.5 Å². The highest BCUT2D eigenvalue weighted by atomic mass is 32.2. The summed E-state index contributed by atoms with van der Waals surface area (Å²) in [6.45, 7) is 5.46. The summed E-state index contributed by atoms with van der Waals surface area (Å²) in [7, 11) is -4.00. The van der Waals surface area contributed by atoms with Crippen molar-refractivity contribution in [3.8, 4) is 5.75 Å². The standard InChI is InChI=1S/C27H31NO5S/c1-19(2)32-27(29)18-25(26(28)16-21-8-5-4-6-9-21)22-10-7-11-23(17-22)33-34(30,31)24-14-12-20(3)13-15-24/h4-15,17,19,25-26H,16,18,28H2,1-3H3. The molecule has 3 aromatic carbocycles. The van der Waals surface area contributed by atoms with E-state index in [4.69, 9.17) is 14.7 Å². The highest BCUT2D eigenvalue weighted by molar-refractivity contribution is 7.87. The van der Waals surface area contributed by atoms with Crippen molar-refractivity contribution in [2.75, 3.05) is 0 Å². The van der Waals surface area contributed by atoms with E-state index in [1.807, 2.05) is 43.3 Å². The summed E-state index contributed by atoms with van der Waals surface area (Å²) in [6, 6.07) is 22.5. The number of hydrogen-bond donors (Lipinski definition) is 1. The molecule has 3 aromatic rings. The monoisotopic (exact) mass is 481 g/mol. The average Bonchev–Trinajstić information content (AvgIpc) is 2.78. The molecule has 0 bridgehead atoms. The fourth-order valence-electron chi connectivity index (χ4n) is 3.71. The Hall–Kier alpha value is -3.16. The lowest BCUT2D eigenvalue weighted by atomic mass is 9.85. The normalized spacial score (nSPS) is 13.3. The Morgan fingerprint density at radius 3 is 2.26 bits per heavy atom. The molecule has 0 aliphatic carbocycles. The second-order valence-electron chi connectivity index (χ2n) is 8.63. The molecule has 0 saturated carbocycles. The third-order valence-corrected chi connectivity index (χ3v) is 6.65. The molecule has 3 rings (SSSR count). The summed E-state index contributed by atoms with van der Waals surface area (Å²) in [6.07, 6.45) is 0.376. The minimum atomic E-state index is -4.00. The highest BCUT2D eigenvalue weighted by Gasteiger charge is 2.26. The van der Waals surface area contributed by atoms with Crippen LogP contribution in [0.25, 0.3) is 0 Å². The van der Waals surface area contributed by atoms with Crippen molar-refractivity contribution in [1.82, 2.24) is 0 Å². The van der Waals surface area contributed by atoms with Crippen LogP contribution in [0.2, 0.25) is 0 Å². The molecule has 0 spiro atoms. The van der Waals surface area contributed by atoms with Gasteiger partial charge in [-0.25, -0.2) is 0 Å². The van der Waals surface area contributed by atoms with Gasteiger partial charge in [-0.05, 0) is 62.6 Å². The zero-order chi connectivity index (χ0) is 24.7. The van der Waals surface area contributed by atoms with E-state index >= 15 is 0 Å². The van der Waals surface area contributed by atoms with Crippen LogP contribution in [0.15, 0.2) is 83.8 Å². The third-order valence-electron chi connectivity index (χ3n) is 5.39. The SMILES string of the molecule is Cc1ccc(S(=O)(=O)Oc2cccc(C(CC(=O)OC(C)C)C(N)Cc3ccccc3)c2)cc1. The predicted molar refractivity (Wildman–Crippen MR) is 132 cm³/mol. The lowest BCUT2D eigenvalue weighted by molar-refractivity contribution is -0.148. The van der Waals surface area contributed by atoms with Crippen LogP contribution in [0.3, 0.4) is 0 Å². The van der Waals surface area contributed by atoms with E-state index in [-0.39, 0.29) is 29.1 Å². The van der Waals surface area contributed by atoms with Crippen LogP contribution in [-0.2, 0) is 26.1 Å². The van der Waals surface area contributed by atoms with E-state index in [1.165, 1.54) is 12.1 Å². The lowest BCUT2D eigenvalue weighted by Gasteiger charge is -2.25. The van der Waals surface area contributed by atoms with Gasteiger partial charge in [-0.2, -0.15) is 8.42 Å². The van der Waals surface area contributed by atoms with Crippen LogP contribution in [-0.4, -0.2) is 26.5 Å². The van der Waals surface area contributed by atoms with Gasteiger partial charge < -0.3 is 14.7 Å². The molecule has 0 aromatic heterocycles. The molecule has 0 saturated heterocycles. The maximum absolute atomic E-state index is 12.7. The number of ether oxygens (including phenoxy) is 1. The molecule has 7 heteroatoms. The fraction of sp³-hybridized carbons (Fsp3) is 0.296.